The van der Waals surface area contributed by atoms with Crippen LogP contribution in [0.15, 0.2) is 97.1 Å². The Morgan fingerprint density at radius 1 is 0.378 bits per heavy atom. The molecular weight excluding hydrogens is 444 g/mol. The minimum atomic E-state index is -0.00959. The van der Waals surface area contributed by atoms with Crippen molar-refractivity contribution in [1.29, 1.82) is 0 Å². The van der Waals surface area contributed by atoms with E-state index in [0.717, 1.165) is 0 Å². The van der Waals surface area contributed by atoms with Crippen molar-refractivity contribution in [2.24, 2.45) is 0 Å². The molecule has 0 heterocycles. The number of hydrogen-bond acceptors (Lipinski definition) is 0. The quantitative estimate of drug-likeness (QED) is 0.148. The SMILES string of the molecule is CC.CC.CC.CC1(C)c2ccc3cc4ccccc4cc3c2-c2c1ccc1c2ccc2ccccc21. The maximum Gasteiger partial charge on any atom is 0.0159 e. The number of rotatable bonds is 0. The first-order chi connectivity index (χ1) is 18.1. The molecular formula is C37H40. The van der Waals surface area contributed by atoms with Crippen LogP contribution in [0.5, 0.6) is 0 Å². The first-order valence-electron chi connectivity index (χ1n) is 14.0. The molecule has 188 valence electrons. The van der Waals surface area contributed by atoms with Gasteiger partial charge in [0.05, 0.1) is 0 Å². The van der Waals surface area contributed by atoms with Gasteiger partial charge in [0.2, 0.25) is 0 Å². The first-order valence-corrected chi connectivity index (χ1v) is 14.0. The second kappa shape index (κ2) is 10.8. The summed E-state index contributed by atoms with van der Waals surface area (Å²) in [6, 6.07) is 36.2. The van der Waals surface area contributed by atoms with Gasteiger partial charge >= 0.3 is 0 Å². The summed E-state index contributed by atoms with van der Waals surface area (Å²) in [6.07, 6.45) is 0. The Balaban J connectivity index is 0.000000500. The lowest BCUT2D eigenvalue weighted by molar-refractivity contribution is 0.661. The summed E-state index contributed by atoms with van der Waals surface area (Å²) in [5.74, 6) is 0. The molecule has 0 amide bonds. The van der Waals surface area contributed by atoms with E-state index in [9.17, 15) is 0 Å². The molecule has 6 aromatic carbocycles. The van der Waals surface area contributed by atoms with Crippen LogP contribution in [0.3, 0.4) is 0 Å². The van der Waals surface area contributed by atoms with Crippen molar-refractivity contribution < 1.29 is 0 Å². The van der Waals surface area contributed by atoms with Crippen LogP contribution in [-0.2, 0) is 5.41 Å². The summed E-state index contributed by atoms with van der Waals surface area (Å²) >= 11 is 0. The molecule has 7 rings (SSSR count). The predicted octanol–water partition coefficient (Wildman–Crippen LogP) is 11.7. The van der Waals surface area contributed by atoms with Crippen molar-refractivity contribution in [3.63, 3.8) is 0 Å². The smallest absolute Gasteiger partial charge is 0.0159 e. The highest BCUT2D eigenvalue weighted by atomic mass is 14.4. The summed E-state index contributed by atoms with van der Waals surface area (Å²) in [7, 11) is 0. The first kappa shape index (κ1) is 26.4. The molecule has 0 nitrogen and oxygen atoms in total. The van der Waals surface area contributed by atoms with Gasteiger partial charge in [0.1, 0.15) is 0 Å². The molecule has 0 fully saturated rings. The van der Waals surface area contributed by atoms with Crippen LogP contribution in [0.25, 0.3) is 54.2 Å². The molecule has 0 unspecified atom stereocenters. The van der Waals surface area contributed by atoms with E-state index in [1.807, 2.05) is 41.5 Å². The van der Waals surface area contributed by atoms with Gasteiger partial charge in [0, 0.05) is 5.41 Å². The van der Waals surface area contributed by atoms with Gasteiger partial charge < -0.3 is 0 Å². The van der Waals surface area contributed by atoms with E-state index in [1.165, 1.54) is 65.3 Å². The lowest BCUT2D eigenvalue weighted by Gasteiger charge is -2.22. The topological polar surface area (TPSA) is 0 Å². The van der Waals surface area contributed by atoms with Crippen LogP contribution in [-0.4, -0.2) is 0 Å². The zero-order valence-corrected chi connectivity index (χ0v) is 23.7. The average Bonchev–Trinajstić information content (AvgIpc) is 3.21. The third-order valence-electron chi connectivity index (χ3n) is 7.41. The van der Waals surface area contributed by atoms with Crippen LogP contribution in [0.1, 0.15) is 66.5 Å². The Morgan fingerprint density at radius 3 is 1.54 bits per heavy atom. The Morgan fingerprint density at radius 2 is 0.865 bits per heavy atom. The zero-order chi connectivity index (χ0) is 26.7. The molecule has 1 aliphatic carbocycles. The molecule has 0 bridgehead atoms. The highest BCUT2D eigenvalue weighted by molar-refractivity contribution is 6.18. The Labute approximate surface area is 223 Å². The molecule has 0 saturated heterocycles. The van der Waals surface area contributed by atoms with Gasteiger partial charge in [-0.05, 0) is 77.5 Å². The molecule has 0 atom stereocenters. The Hall–Kier alpha value is -3.64. The van der Waals surface area contributed by atoms with E-state index in [2.05, 4.69) is 111 Å². The van der Waals surface area contributed by atoms with E-state index in [4.69, 9.17) is 0 Å². The number of benzene rings is 6. The fourth-order valence-corrected chi connectivity index (χ4v) is 5.83. The molecule has 1 aliphatic rings. The second-order valence-electron chi connectivity index (χ2n) is 9.40. The summed E-state index contributed by atoms with van der Waals surface area (Å²) < 4.78 is 0. The standard InChI is InChI=1S/C31H22.3C2H6/c1-31(2)27-15-12-22-17-20-8-3-4-9-21(20)18-26(22)30(27)29-25-13-11-19-7-5-6-10-23(19)24(25)14-16-28(29)31;3*1-2/h3-18H,1-2H3;3*1-2H3. The third-order valence-corrected chi connectivity index (χ3v) is 7.41. The van der Waals surface area contributed by atoms with Gasteiger partial charge in [0.25, 0.3) is 0 Å². The highest BCUT2D eigenvalue weighted by Crippen LogP contribution is 2.54. The van der Waals surface area contributed by atoms with Crippen molar-refractivity contribution in [2.45, 2.75) is 60.8 Å². The second-order valence-corrected chi connectivity index (χ2v) is 9.40. The zero-order valence-electron chi connectivity index (χ0n) is 23.7. The predicted molar refractivity (Wildman–Crippen MR) is 168 cm³/mol. The fraction of sp³-hybridized carbons (Fsp3) is 0.243. The van der Waals surface area contributed by atoms with E-state index in [1.54, 1.807) is 0 Å². The lowest BCUT2D eigenvalue weighted by Crippen LogP contribution is -2.14. The molecule has 0 N–H and O–H groups in total. The van der Waals surface area contributed by atoms with Crippen molar-refractivity contribution in [3.05, 3.63) is 108 Å². The summed E-state index contributed by atoms with van der Waals surface area (Å²) in [4.78, 5) is 0. The van der Waals surface area contributed by atoms with Crippen LogP contribution < -0.4 is 0 Å². The van der Waals surface area contributed by atoms with Crippen LogP contribution in [0, 0.1) is 0 Å². The molecule has 0 spiro atoms. The third kappa shape index (κ3) is 4.09. The maximum absolute atomic E-state index is 2.40. The van der Waals surface area contributed by atoms with Crippen molar-refractivity contribution in [3.8, 4) is 11.1 Å². The van der Waals surface area contributed by atoms with Gasteiger partial charge in [-0.25, -0.2) is 0 Å². The molecule has 37 heavy (non-hydrogen) atoms. The molecule has 6 aromatic rings. The Bertz CT molecular complexity index is 1670. The van der Waals surface area contributed by atoms with Gasteiger partial charge in [-0.15, -0.1) is 0 Å². The van der Waals surface area contributed by atoms with Gasteiger partial charge in [-0.3, -0.25) is 0 Å². The molecule has 0 radical (unpaired) electrons. The Kier molecular flexibility index (Phi) is 7.69. The van der Waals surface area contributed by atoms with Gasteiger partial charge in [-0.2, -0.15) is 0 Å². The molecule has 0 saturated carbocycles. The van der Waals surface area contributed by atoms with E-state index in [-0.39, 0.29) is 5.41 Å². The van der Waals surface area contributed by atoms with Crippen LogP contribution in [0.2, 0.25) is 0 Å². The van der Waals surface area contributed by atoms with Crippen molar-refractivity contribution >= 4 is 43.1 Å². The monoisotopic (exact) mass is 484 g/mol. The number of fused-ring (bicyclic) bond motifs is 10. The normalized spacial score (nSPS) is 12.5. The fourth-order valence-electron chi connectivity index (χ4n) is 5.83. The van der Waals surface area contributed by atoms with Crippen LogP contribution >= 0.6 is 0 Å². The van der Waals surface area contributed by atoms with E-state index in [0.29, 0.717) is 0 Å². The number of hydrogen-bond donors (Lipinski definition) is 0. The molecule has 0 aromatic heterocycles. The summed E-state index contributed by atoms with van der Waals surface area (Å²) in [6.45, 7) is 16.7. The summed E-state index contributed by atoms with van der Waals surface area (Å²) in [5, 5.41) is 10.6. The molecule has 0 heteroatoms. The van der Waals surface area contributed by atoms with Crippen molar-refractivity contribution in [2.75, 3.05) is 0 Å². The highest BCUT2D eigenvalue weighted by Gasteiger charge is 2.37. The van der Waals surface area contributed by atoms with Gasteiger partial charge in [0.15, 0.2) is 0 Å². The molecule has 0 aliphatic heterocycles. The minimum Gasteiger partial charge on any atom is -0.0683 e. The largest absolute Gasteiger partial charge is 0.0683 e. The maximum atomic E-state index is 2.40. The lowest BCUT2D eigenvalue weighted by atomic mass is 9.81. The van der Waals surface area contributed by atoms with Gasteiger partial charge in [-0.1, -0.05) is 140 Å². The van der Waals surface area contributed by atoms with E-state index < -0.39 is 0 Å². The van der Waals surface area contributed by atoms with E-state index >= 15 is 0 Å². The summed E-state index contributed by atoms with van der Waals surface area (Å²) in [5.41, 5.74) is 5.70. The average molecular weight is 485 g/mol. The minimum absolute atomic E-state index is 0.00959. The van der Waals surface area contributed by atoms with Crippen molar-refractivity contribution in [1.82, 2.24) is 0 Å². The van der Waals surface area contributed by atoms with Crippen LogP contribution in [0.4, 0.5) is 0 Å².